The molecule has 1 heterocycles. The van der Waals surface area contributed by atoms with E-state index in [0.29, 0.717) is 12.6 Å². The molecule has 106 valence electrons. The van der Waals surface area contributed by atoms with Crippen LogP contribution in [0.4, 0.5) is 0 Å². The van der Waals surface area contributed by atoms with Gasteiger partial charge >= 0.3 is 0 Å². The van der Waals surface area contributed by atoms with Crippen LogP contribution in [0.15, 0.2) is 0 Å². The van der Waals surface area contributed by atoms with Gasteiger partial charge in [-0.25, -0.2) is 0 Å². The third kappa shape index (κ3) is 3.69. The van der Waals surface area contributed by atoms with Crippen molar-refractivity contribution in [2.24, 2.45) is 5.92 Å². The van der Waals surface area contributed by atoms with Crippen molar-refractivity contribution < 1.29 is 5.11 Å². The van der Waals surface area contributed by atoms with Crippen molar-refractivity contribution in [3.05, 3.63) is 0 Å². The van der Waals surface area contributed by atoms with E-state index in [0.717, 1.165) is 24.9 Å². The zero-order chi connectivity index (χ0) is 12.8. The fraction of sp³-hybridized carbons (Fsp3) is 1.00. The zero-order valence-electron chi connectivity index (χ0n) is 11.9. The van der Waals surface area contributed by atoms with Crippen LogP contribution in [0.25, 0.3) is 0 Å². The van der Waals surface area contributed by atoms with Gasteiger partial charge in [0, 0.05) is 25.2 Å². The molecule has 2 N–H and O–H groups in total. The number of aliphatic hydroxyl groups is 1. The molecule has 0 bridgehead atoms. The van der Waals surface area contributed by atoms with Crippen molar-refractivity contribution in [3.63, 3.8) is 0 Å². The van der Waals surface area contributed by atoms with Crippen LogP contribution in [0.3, 0.4) is 0 Å². The third-order valence-corrected chi connectivity index (χ3v) is 4.81. The van der Waals surface area contributed by atoms with Crippen LogP contribution < -0.4 is 5.32 Å². The molecule has 0 aromatic carbocycles. The van der Waals surface area contributed by atoms with Gasteiger partial charge in [-0.2, -0.15) is 0 Å². The summed E-state index contributed by atoms with van der Waals surface area (Å²) in [5, 5.41) is 12.8. The summed E-state index contributed by atoms with van der Waals surface area (Å²) < 4.78 is 0. The molecule has 2 aliphatic rings. The first kappa shape index (κ1) is 14.3. The van der Waals surface area contributed by atoms with Crippen molar-refractivity contribution >= 4 is 0 Å². The molecule has 1 aliphatic carbocycles. The van der Waals surface area contributed by atoms with Gasteiger partial charge in [-0.15, -0.1) is 0 Å². The first-order valence-corrected chi connectivity index (χ1v) is 7.93. The van der Waals surface area contributed by atoms with Gasteiger partial charge in [0.05, 0.1) is 0 Å². The molecule has 3 nitrogen and oxygen atoms in total. The number of hydrogen-bond donors (Lipinski definition) is 2. The van der Waals surface area contributed by atoms with Gasteiger partial charge in [0.25, 0.3) is 0 Å². The number of rotatable bonds is 6. The second-order valence-corrected chi connectivity index (χ2v) is 6.01. The quantitative estimate of drug-likeness (QED) is 0.761. The van der Waals surface area contributed by atoms with E-state index >= 15 is 0 Å². The highest BCUT2D eigenvalue weighted by atomic mass is 16.3. The maximum Gasteiger partial charge on any atom is 0.0445 e. The summed E-state index contributed by atoms with van der Waals surface area (Å²) in [7, 11) is 0. The number of piperidine rings is 1. The maximum absolute atomic E-state index is 9.19. The summed E-state index contributed by atoms with van der Waals surface area (Å²) in [5.41, 5.74) is 0. The van der Waals surface area contributed by atoms with Crippen molar-refractivity contribution in [2.45, 2.75) is 64.0 Å². The average Bonchev–Trinajstić information content (AvgIpc) is 2.80. The number of hydrogen-bond acceptors (Lipinski definition) is 3. The minimum Gasteiger partial charge on any atom is -0.396 e. The fourth-order valence-electron chi connectivity index (χ4n) is 3.86. The van der Waals surface area contributed by atoms with Crippen LogP contribution in [0, 0.1) is 5.92 Å². The van der Waals surface area contributed by atoms with E-state index in [2.05, 4.69) is 17.1 Å². The lowest BCUT2D eigenvalue weighted by Gasteiger charge is -2.38. The third-order valence-electron chi connectivity index (χ3n) is 4.81. The molecule has 1 saturated carbocycles. The monoisotopic (exact) mass is 254 g/mol. The van der Waals surface area contributed by atoms with Gasteiger partial charge in [-0.05, 0) is 51.1 Å². The summed E-state index contributed by atoms with van der Waals surface area (Å²) in [4.78, 5) is 2.67. The molecule has 0 aromatic heterocycles. The molecule has 18 heavy (non-hydrogen) atoms. The molecule has 3 atom stereocenters. The van der Waals surface area contributed by atoms with E-state index in [9.17, 15) is 5.11 Å². The van der Waals surface area contributed by atoms with E-state index in [1.165, 1.54) is 51.6 Å². The Morgan fingerprint density at radius 2 is 2.06 bits per heavy atom. The predicted molar refractivity (Wildman–Crippen MR) is 75.7 cm³/mol. The molecule has 3 heteroatoms. The SMILES string of the molecule is CCNC1CCCC1CN1CCCCC1CCO. The molecule has 0 amide bonds. The summed E-state index contributed by atoms with van der Waals surface area (Å²) in [6, 6.07) is 1.39. The van der Waals surface area contributed by atoms with Gasteiger partial charge in [-0.3, -0.25) is 4.90 Å². The summed E-state index contributed by atoms with van der Waals surface area (Å²) in [6.07, 6.45) is 9.10. The molecule has 2 fully saturated rings. The van der Waals surface area contributed by atoms with Crippen LogP contribution in [-0.4, -0.2) is 48.3 Å². The van der Waals surface area contributed by atoms with Crippen LogP contribution >= 0.6 is 0 Å². The van der Waals surface area contributed by atoms with Gasteiger partial charge in [0.2, 0.25) is 0 Å². The lowest BCUT2D eigenvalue weighted by Crippen LogP contribution is -2.46. The van der Waals surface area contributed by atoms with Crippen molar-refractivity contribution in [3.8, 4) is 0 Å². The second kappa shape index (κ2) is 7.46. The number of nitrogens with one attached hydrogen (secondary N) is 1. The average molecular weight is 254 g/mol. The molecule has 1 aliphatic heterocycles. The normalized spacial score (nSPS) is 34.0. The minimum absolute atomic E-state index is 0.350. The Morgan fingerprint density at radius 1 is 1.17 bits per heavy atom. The van der Waals surface area contributed by atoms with Crippen LogP contribution in [-0.2, 0) is 0 Å². The van der Waals surface area contributed by atoms with Gasteiger partial charge in [0.1, 0.15) is 0 Å². The molecule has 2 rings (SSSR count). The second-order valence-electron chi connectivity index (χ2n) is 6.01. The Labute approximate surface area is 112 Å². The van der Waals surface area contributed by atoms with Crippen molar-refractivity contribution in [1.29, 1.82) is 0 Å². The largest absolute Gasteiger partial charge is 0.396 e. The van der Waals surface area contributed by atoms with Crippen LogP contribution in [0.1, 0.15) is 51.9 Å². The van der Waals surface area contributed by atoms with E-state index in [4.69, 9.17) is 0 Å². The topological polar surface area (TPSA) is 35.5 Å². The minimum atomic E-state index is 0.350. The Kier molecular flexibility index (Phi) is 5.93. The van der Waals surface area contributed by atoms with Crippen molar-refractivity contribution in [1.82, 2.24) is 10.2 Å². The summed E-state index contributed by atoms with van der Waals surface area (Å²) in [5.74, 6) is 0.837. The first-order valence-electron chi connectivity index (χ1n) is 7.93. The lowest BCUT2D eigenvalue weighted by atomic mass is 9.95. The van der Waals surface area contributed by atoms with E-state index < -0.39 is 0 Å². The Hall–Kier alpha value is -0.120. The number of aliphatic hydroxyl groups excluding tert-OH is 1. The molecule has 0 radical (unpaired) electrons. The zero-order valence-corrected chi connectivity index (χ0v) is 11.9. The molecular weight excluding hydrogens is 224 g/mol. The summed E-state index contributed by atoms with van der Waals surface area (Å²) in [6.45, 7) is 6.16. The Balaban J connectivity index is 1.85. The Morgan fingerprint density at radius 3 is 2.83 bits per heavy atom. The van der Waals surface area contributed by atoms with Gasteiger partial charge < -0.3 is 10.4 Å². The van der Waals surface area contributed by atoms with Gasteiger partial charge in [-0.1, -0.05) is 19.8 Å². The molecule has 1 saturated heterocycles. The smallest absolute Gasteiger partial charge is 0.0445 e. The van der Waals surface area contributed by atoms with Crippen LogP contribution in [0.5, 0.6) is 0 Å². The van der Waals surface area contributed by atoms with Crippen molar-refractivity contribution in [2.75, 3.05) is 26.2 Å². The highest BCUT2D eigenvalue weighted by molar-refractivity contribution is 4.87. The first-order chi connectivity index (χ1) is 8.85. The van der Waals surface area contributed by atoms with E-state index in [1.54, 1.807) is 0 Å². The maximum atomic E-state index is 9.19. The van der Waals surface area contributed by atoms with E-state index in [1.807, 2.05) is 0 Å². The number of nitrogens with zero attached hydrogens (tertiary/aromatic N) is 1. The molecule has 0 aromatic rings. The van der Waals surface area contributed by atoms with Gasteiger partial charge in [0.15, 0.2) is 0 Å². The fourth-order valence-corrected chi connectivity index (χ4v) is 3.86. The van der Waals surface area contributed by atoms with Crippen LogP contribution in [0.2, 0.25) is 0 Å². The van der Waals surface area contributed by atoms with E-state index in [-0.39, 0.29) is 0 Å². The highest BCUT2D eigenvalue weighted by Crippen LogP contribution is 2.29. The predicted octanol–water partition coefficient (Wildman–Crippen LogP) is 2.00. The summed E-state index contributed by atoms with van der Waals surface area (Å²) >= 11 is 0. The number of likely N-dealkylation sites (tertiary alicyclic amines) is 1. The Bertz CT molecular complexity index is 233. The molecule has 3 unspecified atom stereocenters. The standard InChI is InChI=1S/C15H30N2O/c1-2-16-15-8-5-6-13(15)12-17-10-4-3-7-14(17)9-11-18/h13-16,18H,2-12H2,1H3. The molecule has 0 spiro atoms. The molecular formula is C15H30N2O. The lowest BCUT2D eigenvalue weighted by molar-refractivity contribution is 0.0971. The highest BCUT2D eigenvalue weighted by Gasteiger charge is 2.31.